The van der Waals surface area contributed by atoms with Gasteiger partial charge in [0.15, 0.2) is 0 Å². The smallest absolute Gasteiger partial charge is 0.118 e. The molecule has 0 saturated carbocycles. The van der Waals surface area contributed by atoms with Crippen LogP contribution in [0.4, 0.5) is 0 Å². The molecule has 3 nitrogen and oxygen atoms in total. The molecule has 0 spiro atoms. The lowest BCUT2D eigenvalue weighted by molar-refractivity contribution is 0.414. The highest BCUT2D eigenvalue weighted by Crippen LogP contribution is 2.38. The first-order valence-corrected chi connectivity index (χ1v) is 9.51. The van der Waals surface area contributed by atoms with Crippen molar-refractivity contribution in [3.8, 4) is 5.75 Å². The van der Waals surface area contributed by atoms with Crippen LogP contribution < -0.4 is 4.74 Å². The number of benzene rings is 1. The predicted octanol–water partition coefficient (Wildman–Crippen LogP) is 4.22. The second kappa shape index (κ2) is 8.35. The lowest BCUT2D eigenvalue weighted by Gasteiger charge is -2.03. The average Bonchev–Trinajstić information content (AvgIpc) is 2.49. The summed E-state index contributed by atoms with van der Waals surface area (Å²) < 4.78 is 5.13. The Labute approximate surface area is 124 Å². The van der Waals surface area contributed by atoms with Gasteiger partial charge in [0.2, 0.25) is 0 Å². The zero-order chi connectivity index (χ0) is 13.3. The molecule has 100 valence electrons. The van der Waals surface area contributed by atoms with Crippen LogP contribution in [0.5, 0.6) is 5.75 Å². The van der Waals surface area contributed by atoms with Crippen molar-refractivity contribution in [2.24, 2.45) is 0 Å². The molecule has 0 bridgehead atoms. The van der Waals surface area contributed by atoms with Gasteiger partial charge in [0, 0.05) is 17.7 Å². The van der Waals surface area contributed by atoms with Gasteiger partial charge in [0.05, 0.1) is 12.8 Å². The number of ether oxygens (including phenoxy) is 1. The Morgan fingerprint density at radius 2 is 1.84 bits per heavy atom. The maximum Gasteiger partial charge on any atom is 0.118 e. The van der Waals surface area contributed by atoms with Gasteiger partial charge >= 0.3 is 0 Å². The first kappa shape index (κ1) is 14.6. The molecular formula is C13H14N2OS3. The van der Waals surface area contributed by atoms with E-state index in [9.17, 15) is 0 Å². The fourth-order valence-electron chi connectivity index (χ4n) is 1.34. The number of aromatic nitrogens is 2. The van der Waals surface area contributed by atoms with Crippen LogP contribution in [0, 0.1) is 0 Å². The second-order valence-electron chi connectivity index (χ2n) is 3.66. The van der Waals surface area contributed by atoms with Gasteiger partial charge in [0.1, 0.15) is 5.75 Å². The van der Waals surface area contributed by atoms with E-state index in [1.165, 1.54) is 5.56 Å². The minimum atomic E-state index is 0.883. The molecule has 2 rings (SSSR count). The molecule has 0 N–H and O–H groups in total. The first-order chi connectivity index (χ1) is 9.38. The van der Waals surface area contributed by atoms with Crippen molar-refractivity contribution in [3.63, 3.8) is 0 Å². The lowest BCUT2D eigenvalue weighted by atomic mass is 10.2. The molecule has 1 heterocycles. The summed E-state index contributed by atoms with van der Waals surface area (Å²) in [6.07, 6.45) is 1.69. The minimum Gasteiger partial charge on any atom is -0.497 e. The monoisotopic (exact) mass is 310 g/mol. The third-order valence-corrected chi connectivity index (χ3v) is 6.39. The quantitative estimate of drug-likeness (QED) is 0.563. The van der Waals surface area contributed by atoms with Gasteiger partial charge < -0.3 is 4.74 Å². The van der Waals surface area contributed by atoms with Gasteiger partial charge in [-0.25, -0.2) is 0 Å². The first-order valence-electron chi connectivity index (χ1n) is 5.69. The van der Waals surface area contributed by atoms with Crippen molar-refractivity contribution in [1.82, 2.24) is 10.2 Å². The molecule has 0 fully saturated rings. The van der Waals surface area contributed by atoms with Crippen molar-refractivity contribution >= 4 is 31.4 Å². The Morgan fingerprint density at radius 1 is 1.05 bits per heavy atom. The summed E-state index contributed by atoms with van der Waals surface area (Å²) in [5.41, 5.74) is 2.32. The van der Waals surface area contributed by atoms with Gasteiger partial charge in [-0.1, -0.05) is 33.7 Å². The summed E-state index contributed by atoms with van der Waals surface area (Å²) >= 11 is 0. The number of methoxy groups -OCH3 is 1. The molecule has 1 aromatic heterocycles. The summed E-state index contributed by atoms with van der Waals surface area (Å²) in [6.45, 7) is 0. The average molecular weight is 310 g/mol. The fraction of sp³-hybridized carbons (Fsp3) is 0.231. The molecule has 0 saturated heterocycles. The summed E-state index contributed by atoms with van der Waals surface area (Å²) in [4.78, 5) is 0. The Bertz CT molecular complexity index is 479. The molecule has 0 aliphatic rings. The van der Waals surface area contributed by atoms with Crippen molar-refractivity contribution in [1.29, 1.82) is 0 Å². The Balaban J connectivity index is 1.63. The van der Waals surface area contributed by atoms with Crippen LogP contribution in [-0.2, 0) is 11.5 Å². The van der Waals surface area contributed by atoms with E-state index in [0.717, 1.165) is 22.9 Å². The van der Waals surface area contributed by atoms with E-state index in [4.69, 9.17) is 4.74 Å². The maximum absolute atomic E-state index is 5.13. The topological polar surface area (TPSA) is 35.0 Å². The largest absolute Gasteiger partial charge is 0.497 e. The van der Waals surface area contributed by atoms with Crippen molar-refractivity contribution in [2.45, 2.75) is 11.5 Å². The van der Waals surface area contributed by atoms with Crippen LogP contribution in [0.25, 0.3) is 0 Å². The number of hydrogen-bond acceptors (Lipinski definition) is 6. The molecule has 6 heteroatoms. The van der Waals surface area contributed by atoms with Gasteiger partial charge in [0.25, 0.3) is 0 Å². The molecule has 2 aromatic rings. The van der Waals surface area contributed by atoms with Crippen molar-refractivity contribution in [2.75, 3.05) is 7.11 Å². The summed E-state index contributed by atoms with van der Waals surface area (Å²) in [7, 11) is 7.09. The Morgan fingerprint density at radius 3 is 2.53 bits per heavy atom. The Hall–Kier alpha value is -0.850. The fourth-order valence-corrected chi connectivity index (χ4v) is 4.85. The van der Waals surface area contributed by atoms with E-state index in [-0.39, 0.29) is 0 Å². The van der Waals surface area contributed by atoms with Gasteiger partial charge in [-0.2, -0.15) is 10.2 Å². The SMILES string of the molecule is COc1ccc(CSSSCc2cccnn2)cc1. The number of rotatable bonds is 7. The number of nitrogens with zero attached hydrogens (tertiary/aromatic N) is 2. The highest BCUT2D eigenvalue weighted by Gasteiger charge is 1.98. The van der Waals surface area contributed by atoms with Crippen LogP contribution in [0.2, 0.25) is 0 Å². The molecule has 19 heavy (non-hydrogen) atoms. The minimum absolute atomic E-state index is 0.883. The third-order valence-electron chi connectivity index (χ3n) is 2.32. The second-order valence-corrected chi connectivity index (χ2v) is 7.89. The van der Waals surface area contributed by atoms with E-state index in [1.807, 2.05) is 35.1 Å². The standard InChI is InChI=1S/C13H14N2OS3/c1-16-13-6-4-11(5-7-13)9-17-19-18-10-12-3-2-8-14-15-12/h2-8H,9-10H2,1H3. The molecule has 0 radical (unpaired) electrons. The van der Waals surface area contributed by atoms with E-state index < -0.39 is 0 Å². The molecule has 0 atom stereocenters. The van der Waals surface area contributed by atoms with E-state index in [2.05, 4.69) is 22.3 Å². The van der Waals surface area contributed by atoms with Crippen LogP contribution in [0.3, 0.4) is 0 Å². The predicted molar refractivity (Wildman–Crippen MR) is 85.2 cm³/mol. The van der Waals surface area contributed by atoms with Gasteiger partial charge in [-0.3, -0.25) is 0 Å². The van der Waals surface area contributed by atoms with Crippen LogP contribution in [-0.4, -0.2) is 17.3 Å². The van der Waals surface area contributed by atoms with Crippen LogP contribution >= 0.6 is 31.4 Å². The normalized spacial score (nSPS) is 10.4. The summed E-state index contributed by atoms with van der Waals surface area (Å²) in [6, 6.07) is 12.1. The maximum atomic E-state index is 5.13. The van der Waals surface area contributed by atoms with E-state index in [1.54, 1.807) is 33.9 Å². The highest BCUT2D eigenvalue weighted by molar-refractivity contribution is 9.09. The van der Waals surface area contributed by atoms with Crippen LogP contribution in [0.15, 0.2) is 42.6 Å². The van der Waals surface area contributed by atoms with Crippen molar-refractivity contribution < 1.29 is 4.74 Å². The van der Waals surface area contributed by atoms with E-state index in [0.29, 0.717) is 0 Å². The number of hydrogen-bond donors (Lipinski definition) is 0. The lowest BCUT2D eigenvalue weighted by Crippen LogP contribution is -1.86. The summed E-state index contributed by atoms with van der Waals surface area (Å²) in [5, 5.41) is 7.90. The molecule has 0 aliphatic heterocycles. The zero-order valence-corrected chi connectivity index (χ0v) is 12.9. The van der Waals surface area contributed by atoms with Crippen molar-refractivity contribution in [3.05, 3.63) is 53.9 Å². The van der Waals surface area contributed by atoms with Gasteiger partial charge in [-0.15, -0.1) is 0 Å². The molecule has 0 unspecified atom stereocenters. The molecular weight excluding hydrogens is 296 g/mol. The summed E-state index contributed by atoms with van der Waals surface area (Å²) in [5.74, 6) is 2.77. The molecule has 0 aliphatic carbocycles. The Kier molecular flexibility index (Phi) is 6.39. The zero-order valence-electron chi connectivity index (χ0n) is 10.5. The molecule has 0 amide bonds. The van der Waals surface area contributed by atoms with E-state index >= 15 is 0 Å². The third kappa shape index (κ3) is 5.34. The highest BCUT2D eigenvalue weighted by atomic mass is 33.5. The molecule has 1 aromatic carbocycles. The van der Waals surface area contributed by atoms with Gasteiger partial charge in [-0.05, 0) is 39.7 Å². The van der Waals surface area contributed by atoms with Crippen LogP contribution in [0.1, 0.15) is 11.3 Å².